The lowest BCUT2D eigenvalue weighted by molar-refractivity contribution is -0.120. The molecule has 0 unspecified atom stereocenters. The predicted molar refractivity (Wildman–Crippen MR) is 122 cm³/mol. The van der Waals surface area contributed by atoms with Crippen LogP contribution >= 0.6 is 22.6 Å². The molecule has 5 nitrogen and oxygen atoms in total. The average Bonchev–Trinajstić information content (AvgIpc) is 3.09. The number of hydrogen-bond acceptors (Lipinski definition) is 3. The Morgan fingerprint density at radius 2 is 2.00 bits per heavy atom. The molecule has 1 amide bonds. The molecule has 1 aliphatic rings. The van der Waals surface area contributed by atoms with Crippen molar-refractivity contribution >= 4 is 50.9 Å². The molecule has 1 saturated carbocycles. The third-order valence-electron chi connectivity index (χ3n) is 5.55. The first-order valence-corrected chi connectivity index (χ1v) is 11.8. The van der Waals surface area contributed by atoms with Crippen molar-refractivity contribution in [2.45, 2.75) is 57.8 Å². The number of unbranched alkanes of at least 4 members (excludes halogenated alkanes) is 1. The van der Waals surface area contributed by atoms with Gasteiger partial charge in [0, 0.05) is 31.1 Å². The zero-order valence-corrected chi connectivity index (χ0v) is 18.4. The van der Waals surface area contributed by atoms with Crippen LogP contribution in [0, 0.1) is 5.92 Å². The highest BCUT2D eigenvalue weighted by Gasteiger charge is 2.22. The van der Waals surface area contributed by atoms with E-state index in [-0.39, 0.29) is 11.8 Å². The fraction of sp³-hybridized carbons (Fsp3) is 0.619. The van der Waals surface area contributed by atoms with Gasteiger partial charge in [-0.05, 0) is 36.2 Å². The molecule has 2 N–H and O–H groups in total. The number of fused-ring (bicyclic) bond motifs is 1. The van der Waals surface area contributed by atoms with Crippen molar-refractivity contribution in [1.29, 1.82) is 0 Å². The van der Waals surface area contributed by atoms with Gasteiger partial charge in [-0.25, -0.2) is 4.98 Å². The van der Waals surface area contributed by atoms with E-state index >= 15 is 0 Å². The first-order valence-electron chi connectivity index (χ1n) is 10.2. The van der Waals surface area contributed by atoms with E-state index in [1.807, 2.05) is 12.4 Å². The van der Waals surface area contributed by atoms with Crippen LogP contribution in [-0.2, 0) is 4.79 Å². The van der Waals surface area contributed by atoms with Gasteiger partial charge in [-0.3, -0.25) is 4.79 Å². The summed E-state index contributed by atoms with van der Waals surface area (Å²) in [7, 11) is 2.11. The van der Waals surface area contributed by atoms with Gasteiger partial charge in [0.2, 0.25) is 5.91 Å². The Morgan fingerprint density at radius 1 is 1.26 bits per heavy atom. The van der Waals surface area contributed by atoms with E-state index in [4.69, 9.17) is 0 Å². The molecule has 2 aromatic heterocycles. The number of aromatic amines is 1. The number of carbonyl (C=O) groups is 1. The highest BCUT2D eigenvalue weighted by molar-refractivity contribution is 14.1. The molecule has 6 heteroatoms. The van der Waals surface area contributed by atoms with Crippen LogP contribution in [-0.4, -0.2) is 33.9 Å². The highest BCUT2D eigenvalue weighted by atomic mass is 127. The van der Waals surface area contributed by atoms with Crippen molar-refractivity contribution in [3.8, 4) is 0 Å². The molecule has 0 atom stereocenters. The highest BCUT2D eigenvalue weighted by Crippen LogP contribution is 2.33. The van der Waals surface area contributed by atoms with Crippen LogP contribution < -0.4 is 10.2 Å². The number of alkyl halides is 1. The summed E-state index contributed by atoms with van der Waals surface area (Å²) >= 11 is 2.42. The number of H-pyrrole nitrogens is 1. The van der Waals surface area contributed by atoms with Crippen molar-refractivity contribution in [2.24, 2.45) is 5.92 Å². The molecule has 2 aromatic rings. The molecule has 0 spiro atoms. The lowest BCUT2D eigenvalue weighted by Crippen LogP contribution is -2.26. The number of nitrogens with one attached hydrogen (secondary N) is 2. The van der Waals surface area contributed by atoms with Gasteiger partial charge in [-0.1, -0.05) is 54.7 Å². The number of carbonyl (C=O) groups excluding carboxylic acids is 1. The molecule has 0 saturated heterocycles. The summed E-state index contributed by atoms with van der Waals surface area (Å²) < 4.78 is 1.17. The number of halogens is 1. The third-order valence-corrected chi connectivity index (χ3v) is 6.31. The molecule has 0 radical (unpaired) electrons. The summed E-state index contributed by atoms with van der Waals surface area (Å²) in [4.78, 5) is 22.9. The zero-order chi connectivity index (χ0) is 19.1. The summed E-state index contributed by atoms with van der Waals surface area (Å²) in [6.45, 7) is 0.972. The largest absolute Gasteiger partial charge is 0.372 e. The number of hydrogen-bond donors (Lipinski definition) is 2. The molecular weight excluding hydrogens is 451 g/mol. The van der Waals surface area contributed by atoms with Crippen molar-refractivity contribution in [3.63, 3.8) is 0 Å². The van der Waals surface area contributed by atoms with E-state index in [1.165, 1.54) is 30.1 Å². The minimum absolute atomic E-state index is 0.129. The number of rotatable bonds is 7. The van der Waals surface area contributed by atoms with Crippen molar-refractivity contribution in [1.82, 2.24) is 9.97 Å². The van der Waals surface area contributed by atoms with E-state index in [9.17, 15) is 4.79 Å². The van der Waals surface area contributed by atoms with Crippen LogP contribution in [0.5, 0.6) is 0 Å². The number of pyridine rings is 1. The Bertz CT molecular complexity index is 737. The number of aromatic nitrogens is 2. The Hall–Kier alpha value is -1.31. The Kier molecular flexibility index (Phi) is 7.79. The van der Waals surface area contributed by atoms with Gasteiger partial charge < -0.3 is 15.2 Å². The molecule has 1 fully saturated rings. The maximum Gasteiger partial charge on any atom is 0.227 e. The lowest BCUT2D eigenvalue weighted by Gasteiger charge is -2.25. The minimum Gasteiger partial charge on any atom is -0.372 e. The van der Waals surface area contributed by atoms with Gasteiger partial charge in [0.05, 0.1) is 17.6 Å². The van der Waals surface area contributed by atoms with Gasteiger partial charge in [0.1, 0.15) is 5.65 Å². The van der Waals surface area contributed by atoms with Crippen LogP contribution in [0.3, 0.4) is 0 Å². The summed E-state index contributed by atoms with van der Waals surface area (Å²) in [5.74, 6) is 0.292. The molecule has 3 rings (SSSR count). The van der Waals surface area contributed by atoms with E-state index < -0.39 is 0 Å². The van der Waals surface area contributed by atoms with E-state index in [0.29, 0.717) is 0 Å². The van der Waals surface area contributed by atoms with Crippen LogP contribution in [0.25, 0.3) is 11.0 Å². The first-order chi connectivity index (χ1) is 13.2. The van der Waals surface area contributed by atoms with Gasteiger partial charge >= 0.3 is 0 Å². The standard InChI is InChI=1S/C21H31IN4O/c1-26(14-8-7-12-22)19-17-11-13-23-20(17)24-15-18(19)25-21(27)16-9-5-3-2-4-6-10-16/h11,13,15-16H,2-10,12,14H2,1H3,(H,23,24)(H,25,27). The summed E-state index contributed by atoms with van der Waals surface area (Å²) in [6.07, 6.45) is 14.2. The second kappa shape index (κ2) is 10.3. The van der Waals surface area contributed by atoms with Crippen molar-refractivity contribution in [3.05, 3.63) is 18.5 Å². The Balaban J connectivity index is 1.80. The Labute approximate surface area is 175 Å². The van der Waals surface area contributed by atoms with E-state index in [1.54, 1.807) is 0 Å². The van der Waals surface area contributed by atoms with E-state index in [2.05, 4.69) is 55.9 Å². The quantitative estimate of drug-likeness (QED) is 0.311. The molecular formula is C21H31IN4O. The SMILES string of the molecule is CN(CCCCI)c1c(NC(=O)C2CCCCCCC2)cnc2[nH]ccc12. The van der Waals surface area contributed by atoms with E-state index in [0.717, 1.165) is 61.1 Å². The second-order valence-electron chi connectivity index (χ2n) is 7.61. The smallest absolute Gasteiger partial charge is 0.227 e. The minimum atomic E-state index is 0.129. The van der Waals surface area contributed by atoms with Gasteiger partial charge in [-0.2, -0.15) is 0 Å². The molecule has 0 aliphatic heterocycles. The van der Waals surface area contributed by atoms with Crippen molar-refractivity contribution in [2.75, 3.05) is 28.2 Å². The number of nitrogens with zero attached hydrogens (tertiary/aromatic N) is 2. The second-order valence-corrected chi connectivity index (χ2v) is 8.69. The number of amides is 1. The maximum absolute atomic E-state index is 13.0. The fourth-order valence-corrected chi connectivity index (χ4v) is 4.54. The predicted octanol–water partition coefficient (Wildman–Crippen LogP) is 5.51. The molecule has 1 aliphatic carbocycles. The zero-order valence-electron chi connectivity index (χ0n) is 16.3. The topological polar surface area (TPSA) is 61.0 Å². The summed E-state index contributed by atoms with van der Waals surface area (Å²) in [5, 5.41) is 4.29. The van der Waals surface area contributed by atoms with Crippen LogP contribution in [0.4, 0.5) is 11.4 Å². The van der Waals surface area contributed by atoms with Gasteiger partial charge in [0.15, 0.2) is 0 Å². The van der Waals surface area contributed by atoms with Crippen LogP contribution in [0.15, 0.2) is 18.5 Å². The molecule has 0 bridgehead atoms. The molecule has 148 valence electrons. The lowest BCUT2D eigenvalue weighted by atomic mass is 9.90. The summed E-state index contributed by atoms with van der Waals surface area (Å²) in [6, 6.07) is 2.05. The molecule has 27 heavy (non-hydrogen) atoms. The fourth-order valence-electron chi connectivity index (χ4n) is 4.00. The van der Waals surface area contributed by atoms with Gasteiger partial charge in [0.25, 0.3) is 0 Å². The Morgan fingerprint density at radius 3 is 2.74 bits per heavy atom. The monoisotopic (exact) mass is 482 g/mol. The van der Waals surface area contributed by atoms with Gasteiger partial charge in [-0.15, -0.1) is 0 Å². The van der Waals surface area contributed by atoms with Crippen molar-refractivity contribution < 1.29 is 4.79 Å². The van der Waals surface area contributed by atoms with Crippen LogP contribution in [0.1, 0.15) is 57.8 Å². The maximum atomic E-state index is 13.0. The average molecular weight is 482 g/mol. The molecule has 0 aromatic carbocycles. The normalized spacial score (nSPS) is 16.1. The third kappa shape index (κ3) is 5.36. The number of anilines is 2. The molecule has 2 heterocycles. The van der Waals surface area contributed by atoms with Crippen LogP contribution in [0.2, 0.25) is 0 Å². The first kappa shape index (κ1) is 20.4. The summed E-state index contributed by atoms with van der Waals surface area (Å²) in [5.41, 5.74) is 2.79.